The molecule has 39 heavy (non-hydrogen) atoms. The minimum Gasteiger partial charge on any atom is -0.430 e. The minimum atomic E-state index is 0. The molecule has 0 spiro atoms. The van der Waals surface area contributed by atoms with Crippen molar-refractivity contribution in [1.29, 1.82) is 10.5 Å². The molecule has 9 heteroatoms. The summed E-state index contributed by atoms with van der Waals surface area (Å²) in [4.78, 5) is 2.22. The molecule has 5 rings (SSSR count). The van der Waals surface area contributed by atoms with Gasteiger partial charge in [0.05, 0.1) is 17.3 Å². The van der Waals surface area contributed by atoms with E-state index in [-0.39, 0.29) is 24.8 Å². The second-order valence-corrected chi connectivity index (χ2v) is 9.56. The molecule has 0 bridgehead atoms. The summed E-state index contributed by atoms with van der Waals surface area (Å²) in [6, 6.07) is 19.9. The van der Waals surface area contributed by atoms with Crippen molar-refractivity contribution in [2.45, 2.75) is 39.0 Å². The highest BCUT2D eigenvalue weighted by Gasteiger charge is 2.22. The van der Waals surface area contributed by atoms with Crippen molar-refractivity contribution >= 4 is 41.7 Å². The van der Waals surface area contributed by atoms with Crippen molar-refractivity contribution in [3.63, 3.8) is 0 Å². The number of halogens is 2. The van der Waals surface area contributed by atoms with Crippen LogP contribution in [0.25, 0.3) is 11.0 Å². The van der Waals surface area contributed by atoms with Gasteiger partial charge in [0.25, 0.3) is 0 Å². The van der Waals surface area contributed by atoms with E-state index in [4.69, 9.17) is 19.5 Å². The zero-order valence-corrected chi connectivity index (χ0v) is 24.2. The first kappa shape index (κ1) is 31.7. The number of fused-ring (bicyclic) bond motifs is 1. The molecule has 206 valence electrons. The van der Waals surface area contributed by atoms with E-state index in [1.807, 2.05) is 50.5 Å². The number of piperidine rings is 1. The molecule has 2 aromatic carbocycles. The van der Waals surface area contributed by atoms with Gasteiger partial charge in [-0.2, -0.15) is 10.5 Å². The summed E-state index contributed by atoms with van der Waals surface area (Å²) in [6.07, 6.45) is 5.00. The molecule has 7 nitrogen and oxygen atoms in total. The first-order valence-electron chi connectivity index (χ1n) is 12.7. The highest BCUT2D eigenvalue weighted by molar-refractivity contribution is 5.85. The number of furan rings is 1. The minimum absolute atomic E-state index is 0. The van der Waals surface area contributed by atoms with Gasteiger partial charge in [0.1, 0.15) is 6.07 Å². The van der Waals surface area contributed by atoms with Gasteiger partial charge in [-0.15, -0.1) is 24.8 Å². The van der Waals surface area contributed by atoms with Crippen molar-refractivity contribution in [2.75, 3.05) is 32.1 Å². The van der Waals surface area contributed by atoms with Crippen LogP contribution in [0, 0.1) is 35.5 Å². The second-order valence-electron chi connectivity index (χ2n) is 9.56. The van der Waals surface area contributed by atoms with Crippen LogP contribution in [-0.4, -0.2) is 32.3 Å². The lowest BCUT2D eigenvalue weighted by molar-refractivity contribution is 0.364. The van der Waals surface area contributed by atoms with Crippen LogP contribution in [0.3, 0.4) is 0 Å². The molecule has 1 N–H and O–H groups in total. The van der Waals surface area contributed by atoms with E-state index in [9.17, 15) is 0 Å². The Morgan fingerprint density at radius 3 is 2.28 bits per heavy atom. The first-order valence-corrected chi connectivity index (χ1v) is 12.7. The van der Waals surface area contributed by atoms with E-state index in [1.54, 1.807) is 6.07 Å². The lowest BCUT2D eigenvalue weighted by atomic mass is 9.91. The summed E-state index contributed by atoms with van der Waals surface area (Å²) >= 11 is 0. The highest BCUT2D eigenvalue weighted by Crippen LogP contribution is 2.30. The van der Waals surface area contributed by atoms with Crippen LogP contribution in [0.1, 0.15) is 53.0 Å². The van der Waals surface area contributed by atoms with Gasteiger partial charge in [0.2, 0.25) is 5.76 Å². The summed E-state index contributed by atoms with van der Waals surface area (Å²) in [5.74, 6) is 1.81. The fourth-order valence-corrected chi connectivity index (χ4v) is 4.86. The van der Waals surface area contributed by atoms with Crippen molar-refractivity contribution in [1.82, 2.24) is 10.5 Å². The Balaban J connectivity index is 0.00000102. The summed E-state index contributed by atoms with van der Waals surface area (Å²) in [6.45, 7) is 3.99. The standard InChI is InChI=1S/C28H26N4O2.C2H7N.2ClH/c1-19-23(16-21-2-4-22(17-29)5-3-21)7-9-25-26(31-34-28(19)25)10-6-20-12-14-32(15-13-20)27-11-8-24(18-30)33-27;1-3-2;;/h2-5,7-9,11,20H,6,10,12-16H2,1H3;3H,1-2H3;2*1H. The quantitative estimate of drug-likeness (QED) is 0.280. The molecule has 1 aliphatic heterocycles. The smallest absolute Gasteiger partial charge is 0.206 e. The lowest BCUT2D eigenvalue weighted by Gasteiger charge is -2.31. The van der Waals surface area contributed by atoms with Crippen molar-refractivity contribution in [2.24, 2.45) is 5.92 Å². The van der Waals surface area contributed by atoms with Gasteiger partial charge in [-0.3, -0.25) is 0 Å². The third kappa shape index (κ3) is 7.77. The number of benzene rings is 2. The zero-order valence-electron chi connectivity index (χ0n) is 22.6. The van der Waals surface area contributed by atoms with Crippen molar-refractivity contribution in [3.8, 4) is 12.1 Å². The maximum atomic E-state index is 8.99. The number of aryl methyl sites for hydroxylation is 2. The molecule has 0 saturated carbocycles. The molecule has 3 heterocycles. The third-order valence-corrected chi connectivity index (χ3v) is 6.97. The Kier molecular flexibility index (Phi) is 12.4. The topological polar surface area (TPSA) is 102 Å². The molecule has 0 radical (unpaired) electrons. The maximum absolute atomic E-state index is 8.99. The number of rotatable bonds is 6. The van der Waals surface area contributed by atoms with E-state index < -0.39 is 0 Å². The molecular formula is C30H35Cl2N5O2. The number of hydrogen-bond donors (Lipinski definition) is 1. The first-order chi connectivity index (χ1) is 18.1. The molecule has 1 saturated heterocycles. The average Bonchev–Trinajstić information content (AvgIpc) is 3.58. The van der Waals surface area contributed by atoms with Crippen LogP contribution in [0.5, 0.6) is 0 Å². The Hall–Kier alpha value is -3.49. The van der Waals surface area contributed by atoms with Gasteiger partial charge < -0.3 is 19.2 Å². The molecule has 0 atom stereocenters. The molecule has 1 aliphatic rings. The van der Waals surface area contributed by atoms with Crippen LogP contribution >= 0.6 is 24.8 Å². The highest BCUT2D eigenvalue weighted by atomic mass is 35.5. The number of anilines is 1. The molecule has 0 aliphatic carbocycles. The Labute approximate surface area is 242 Å². The summed E-state index contributed by atoms with van der Waals surface area (Å²) in [5.41, 5.74) is 6.10. The zero-order chi connectivity index (χ0) is 26.2. The summed E-state index contributed by atoms with van der Waals surface area (Å²) in [7, 11) is 3.75. The molecule has 0 amide bonds. The molecule has 0 unspecified atom stereocenters. The van der Waals surface area contributed by atoms with Crippen molar-refractivity contribution < 1.29 is 8.94 Å². The molecule has 1 fully saturated rings. The van der Waals surface area contributed by atoms with E-state index in [0.717, 1.165) is 73.3 Å². The van der Waals surface area contributed by atoms with Gasteiger partial charge in [-0.1, -0.05) is 23.4 Å². The second kappa shape index (κ2) is 15.2. The monoisotopic (exact) mass is 567 g/mol. The largest absolute Gasteiger partial charge is 0.430 e. The third-order valence-electron chi connectivity index (χ3n) is 6.97. The van der Waals surface area contributed by atoms with E-state index in [1.165, 1.54) is 11.1 Å². The predicted octanol–water partition coefficient (Wildman–Crippen LogP) is 6.59. The maximum Gasteiger partial charge on any atom is 0.206 e. The number of nitrogens with one attached hydrogen (secondary N) is 1. The number of aromatic nitrogens is 1. The Morgan fingerprint density at radius 2 is 1.67 bits per heavy atom. The van der Waals surface area contributed by atoms with Gasteiger partial charge in [-0.05, 0) is 100.0 Å². The Bertz CT molecular complexity index is 1410. The van der Waals surface area contributed by atoms with Crippen LogP contribution in [0.15, 0.2) is 57.5 Å². The number of hydrogen-bond acceptors (Lipinski definition) is 7. The fraction of sp³-hybridized carbons (Fsp3) is 0.367. The SMILES string of the molecule is CNC.Cc1c(Cc2ccc(C#N)cc2)ccc2c(CCC3CCN(c4ccc(C#N)o4)CC3)noc12.Cl.Cl. The number of nitriles is 2. The summed E-state index contributed by atoms with van der Waals surface area (Å²) in [5, 5.41) is 26.2. The van der Waals surface area contributed by atoms with Gasteiger partial charge in [-0.25, -0.2) is 0 Å². The van der Waals surface area contributed by atoms with Crippen molar-refractivity contribution in [3.05, 3.63) is 82.2 Å². The lowest BCUT2D eigenvalue weighted by Crippen LogP contribution is -2.33. The molecular weight excluding hydrogens is 533 g/mol. The van der Waals surface area contributed by atoms with Crippen LogP contribution in [0.2, 0.25) is 0 Å². The van der Waals surface area contributed by atoms with Gasteiger partial charge in [0.15, 0.2) is 11.5 Å². The van der Waals surface area contributed by atoms with Crippen LogP contribution in [0.4, 0.5) is 5.88 Å². The predicted molar refractivity (Wildman–Crippen MR) is 159 cm³/mol. The van der Waals surface area contributed by atoms with E-state index in [0.29, 0.717) is 17.2 Å². The van der Waals surface area contributed by atoms with Gasteiger partial charge in [0, 0.05) is 24.5 Å². The normalized spacial score (nSPS) is 12.9. The van der Waals surface area contributed by atoms with Gasteiger partial charge >= 0.3 is 0 Å². The molecule has 2 aromatic heterocycles. The average molecular weight is 569 g/mol. The molecule has 4 aromatic rings. The number of nitrogens with zero attached hydrogens (tertiary/aromatic N) is 4. The van der Waals surface area contributed by atoms with Crippen LogP contribution < -0.4 is 10.2 Å². The fourth-order valence-electron chi connectivity index (χ4n) is 4.86. The van der Waals surface area contributed by atoms with E-state index in [2.05, 4.69) is 40.5 Å². The van der Waals surface area contributed by atoms with Crippen LogP contribution in [-0.2, 0) is 12.8 Å². The van der Waals surface area contributed by atoms with E-state index >= 15 is 0 Å². The Morgan fingerprint density at radius 1 is 0.974 bits per heavy atom. The summed E-state index contributed by atoms with van der Waals surface area (Å²) < 4.78 is 11.4.